The number of hydrogen-bond donors (Lipinski definition) is 2. The summed E-state index contributed by atoms with van der Waals surface area (Å²) >= 11 is 9.69. The molecule has 2 atom stereocenters. The van der Waals surface area contributed by atoms with Gasteiger partial charge < -0.3 is 4.74 Å². The third-order valence-electron chi connectivity index (χ3n) is 3.88. The van der Waals surface area contributed by atoms with Gasteiger partial charge >= 0.3 is 0 Å². The van der Waals surface area contributed by atoms with E-state index in [-0.39, 0.29) is 11.6 Å². The van der Waals surface area contributed by atoms with E-state index < -0.39 is 0 Å². The van der Waals surface area contributed by atoms with Crippen LogP contribution in [0.4, 0.5) is 0 Å². The van der Waals surface area contributed by atoms with Gasteiger partial charge in [-0.15, -0.1) is 0 Å². The molecule has 1 aliphatic rings. The highest BCUT2D eigenvalue weighted by molar-refractivity contribution is 9.10. The van der Waals surface area contributed by atoms with Crippen molar-refractivity contribution in [3.05, 3.63) is 33.3 Å². The van der Waals surface area contributed by atoms with Crippen LogP contribution < -0.4 is 11.3 Å². The molecule has 1 aliphatic heterocycles. The van der Waals surface area contributed by atoms with E-state index in [0.717, 1.165) is 40.9 Å². The maximum absolute atomic E-state index is 6.28. The maximum Gasteiger partial charge on any atom is 0.0823 e. The van der Waals surface area contributed by atoms with Crippen LogP contribution in [-0.2, 0) is 11.2 Å². The van der Waals surface area contributed by atoms with Crippen LogP contribution in [0.15, 0.2) is 22.7 Å². The first kappa shape index (κ1) is 15.3. The van der Waals surface area contributed by atoms with E-state index in [1.54, 1.807) is 0 Å². The van der Waals surface area contributed by atoms with Gasteiger partial charge in [-0.25, -0.2) is 0 Å². The number of hydrogen-bond acceptors (Lipinski definition) is 3. The van der Waals surface area contributed by atoms with Gasteiger partial charge in [0.2, 0.25) is 0 Å². The van der Waals surface area contributed by atoms with Gasteiger partial charge in [0.1, 0.15) is 0 Å². The Bertz CT molecular complexity index is 435. The molecule has 0 aliphatic carbocycles. The van der Waals surface area contributed by atoms with Gasteiger partial charge in [0.15, 0.2) is 0 Å². The minimum Gasteiger partial charge on any atom is -0.374 e. The van der Waals surface area contributed by atoms with Gasteiger partial charge in [-0.3, -0.25) is 11.3 Å². The Morgan fingerprint density at radius 3 is 2.89 bits per heavy atom. The van der Waals surface area contributed by atoms with E-state index in [1.165, 1.54) is 6.42 Å². The predicted molar refractivity (Wildman–Crippen MR) is 82.2 cm³/mol. The zero-order chi connectivity index (χ0) is 13.9. The average Bonchev–Trinajstić information content (AvgIpc) is 2.38. The molecule has 5 heteroatoms. The van der Waals surface area contributed by atoms with Gasteiger partial charge in [0, 0.05) is 16.1 Å². The molecule has 1 aromatic rings. The molecule has 0 amide bonds. The summed E-state index contributed by atoms with van der Waals surface area (Å²) in [6, 6.07) is 6.00. The fraction of sp³-hybridized carbons (Fsp3) is 0.571. The van der Waals surface area contributed by atoms with E-state index in [1.807, 2.05) is 18.2 Å². The number of nitrogens with one attached hydrogen (secondary N) is 1. The van der Waals surface area contributed by atoms with Gasteiger partial charge in [-0.05, 0) is 50.3 Å². The van der Waals surface area contributed by atoms with Crippen molar-refractivity contribution in [1.29, 1.82) is 0 Å². The largest absolute Gasteiger partial charge is 0.374 e. The summed E-state index contributed by atoms with van der Waals surface area (Å²) in [4.78, 5) is 0. The predicted octanol–water partition coefficient (Wildman–Crippen LogP) is 3.44. The Balaban J connectivity index is 2.14. The lowest BCUT2D eigenvalue weighted by atomic mass is 9.85. The minimum atomic E-state index is -0.219. The van der Waals surface area contributed by atoms with Crippen LogP contribution >= 0.6 is 27.5 Å². The first-order valence-electron chi connectivity index (χ1n) is 6.59. The number of benzene rings is 1. The third-order valence-corrected chi connectivity index (χ3v) is 4.72. The Kier molecular flexibility index (Phi) is 5.26. The Labute approximate surface area is 127 Å². The highest BCUT2D eigenvalue weighted by Gasteiger charge is 2.36. The first-order valence-corrected chi connectivity index (χ1v) is 7.76. The second kappa shape index (κ2) is 6.55. The van der Waals surface area contributed by atoms with Crippen molar-refractivity contribution in [2.45, 2.75) is 44.2 Å². The van der Waals surface area contributed by atoms with Crippen LogP contribution in [0, 0.1) is 0 Å². The number of hydrazine groups is 1. The summed E-state index contributed by atoms with van der Waals surface area (Å²) in [5, 5.41) is 0.758. The number of rotatable bonds is 4. The summed E-state index contributed by atoms with van der Waals surface area (Å²) in [6.07, 6.45) is 4.10. The number of ether oxygens (including phenoxy) is 1. The molecule has 2 rings (SSSR count). The fourth-order valence-corrected chi connectivity index (χ4v) is 3.34. The standard InChI is InChI=1S/C14H20BrClN2O/c1-14(6-2-3-7-19-14)13(18-17)8-10-4-5-11(15)9-12(10)16/h4-5,9,13,18H,2-3,6-8,17H2,1H3. The van der Waals surface area contributed by atoms with E-state index in [2.05, 4.69) is 28.3 Å². The first-order chi connectivity index (χ1) is 9.05. The van der Waals surface area contributed by atoms with Crippen molar-refractivity contribution in [2.75, 3.05) is 6.61 Å². The van der Waals surface area contributed by atoms with Crippen LogP contribution in [0.1, 0.15) is 31.7 Å². The molecular formula is C14H20BrClN2O. The molecule has 1 saturated heterocycles. The lowest BCUT2D eigenvalue weighted by Crippen LogP contribution is -2.55. The summed E-state index contributed by atoms with van der Waals surface area (Å²) in [6.45, 7) is 2.94. The Hall–Kier alpha value is -0.130. The molecule has 19 heavy (non-hydrogen) atoms. The Morgan fingerprint density at radius 2 is 2.32 bits per heavy atom. The van der Waals surface area contributed by atoms with Crippen molar-refractivity contribution in [3.8, 4) is 0 Å². The molecule has 0 radical (unpaired) electrons. The molecule has 2 unspecified atom stereocenters. The van der Waals surface area contributed by atoms with Gasteiger partial charge in [0.25, 0.3) is 0 Å². The molecular weight excluding hydrogens is 328 g/mol. The van der Waals surface area contributed by atoms with Crippen molar-refractivity contribution in [1.82, 2.24) is 5.43 Å². The van der Waals surface area contributed by atoms with Crippen molar-refractivity contribution < 1.29 is 4.74 Å². The molecule has 1 aromatic carbocycles. The molecule has 1 fully saturated rings. The molecule has 3 nitrogen and oxygen atoms in total. The monoisotopic (exact) mass is 346 g/mol. The second-order valence-corrected chi connectivity index (χ2v) is 6.60. The molecule has 0 saturated carbocycles. The van der Waals surface area contributed by atoms with E-state index in [9.17, 15) is 0 Å². The van der Waals surface area contributed by atoms with Gasteiger partial charge in [0.05, 0.1) is 11.6 Å². The summed E-state index contributed by atoms with van der Waals surface area (Å²) in [7, 11) is 0. The van der Waals surface area contributed by atoms with Crippen molar-refractivity contribution in [3.63, 3.8) is 0 Å². The van der Waals surface area contributed by atoms with Crippen molar-refractivity contribution >= 4 is 27.5 Å². The van der Waals surface area contributed by atoms with E-state index >= 15 is 0 Å². The smallest absolute Gasteiger partial charge is 0.0823 e. The summed E-state index contributed by atoms with van der Waals surface area (Å²) in [5.74, 6) is 5.73. The lowest BCUT2D eigenvalue weighted by molar-refractivity contribution is -0.0884. The highest BCUT2D eigenvalue weighted by atomic mass is 79.9. The zero-order valence-corrected chi connectivity index (χ0v) is 13.4. The highest BCUT2D eigenvalue weighted by Crippen LogP contribution is 2.31. The summed E-state index contributed by atoms with van der Waals surface area (Å²) in [5.41, 5.74) is 3.77. The van der Waals surface area contributed by atoms with E-state index in [4.69, 9.17) is 22.2 Å². The van der Waals surface area contributed by atoms with Gasteiger partial charge in [-0.1, -0.05) is 33.6 Å². The lowest BCUT2D eigenvalue weighted by Gasteiger charge is -2.40. The molecule has 0 bridgehead atoms. The second-order valence-electron chi connectivity index (χ2n) is 5.28. The molecule has 1 heterocycles. The quantitative estimate of drug-likeness (QED) is 0.648. The van der Waals surface area contributed by atoms with Crippen molar-refractivity contribution in [2.24, 2.45) is 5.84 Å². The molecule has 3 N–H and O–H groups in total. The third kappa shape index (κ3) is 3.70. The van der Waals surface area contributed by atoms with Crippen LogP contribution in [0.3, 0.4) is 0 Å². The van der Waals surface area contributed by atoms with E-state index in [0.29, 0.717) is 0 Å². The average molecular weight is 348 g/mol. The maximum atomic E-state index is 6.28. The van der Waals surface area contributed by atoms with Crippen LogP contribution in [0.25, 0.3) is 0 Å². The van der Waals surface area contributed by atoms with Gasteiger partial charge in [-0.2, -0.15) is 0 Å². The topological polar surface area (TPSA) is 47.3 Å². The number of halogens is 2. The summed E-state index contributed by atoms with van der Waals surface area (Å²) < 4.78 is 6.94. The Morgan fingerprint density at radius 1 is 1.53 bits per heavy atom. The number of nitrogens with two attached hydrogens (primary N) is 1. The van der Waals surface area contributed by atoms with Crippen LogP contribution in [0.2, 0.25) is 5.02 Å². The van der Waals surface area contributed by atoms with Crippen LogP contribution in [-0.4, -0.2) is 18.2 Å². The zero-order valence-electron chi connectivity index (χ0n) is 11.1. The molecule has 0 spiro atoms. The van der Waals surface area contributed by atoms with Crippen LogP contribution in [0.5, 0.6) is 0 Å². The minimum absolute atomic E-state index is 0.0616. The fourth-order valence-electron chi connectivity index (χ4n) is 2.59. The molecule has 0 aromatic heterocycles. The normalized spacial score (nSPS) is 25.3. The molecule has 106 valence electrons. The SMILES string of the molecule is CC1(C(Cc2ccc(Br)cc2Cl)NN)CCCCO1.